The lowest BCUT2D eigenvalue weighted by molar-refractivity contribution is -0.121. The molecule has 5 nitrogen and oxygen atoms in total. The Bertz CT molecular complexity index is 647. The first-order valence-corrected chi connectivity index (χ1v) is 10.7. The molecule has 0 radical (unpaired) electrons. The normalized spacial score (nSPS) is 33.2. The molecule has 1 aromatic rings. The average molecular weight is 376 g/mol. The van der Waals surface area contributed by atoms with Crippen molar-refractivity contribution in [2.75, 3.05) is 19.6 Å². The third kappa shape index (κ3) is 3.59. The Labute approximate surface area is 160 Å². The Kier molecular flexibility index (Phi) is 5.43. The van der Waals surface area contributed by atoms with Crippen LogP contribution in [0.2, 0.25) is 0 Å². The maximum atomic E-state index is 12.1. The summed E-state index contributed by atoms with van der Waals surface area (Å²) in [4.78, 5) is 14.7. The van der Waals surface area contributed by atoms with Gasteiger partial charge in [-0.15, -0.1) is 0 Å². The number of hydrogen-bond acceptors (Lipinski definition) is 5. The van der Waals surface area contributed by atoms with E-state index in [0.717, 1.165) is 45.4 Å². The van der Waals surface area contributed by atoms with Crippen LogP contribution >= 0.6 is 11.5 Å². The maximum Gasteiger partial charge on any atom is 0.220 e. The fourth-order valence-electron chi connectivity index (χ4n) is 5.11. The Morgan fingerprint density at radius 1 is 1.58 bits per heavy atom. The summed E-state index contributed by atoms with van der Waals surface area (Å²) < 4.78 is 10.7. The van der Waals surface area contributed by atoms with Gasteiger partial charge in [0.2, 0.25) is 5.91 Å². The van der Waals surface area contributed by atoms with Crippen LogP contribution in [0.1, 0.15) is 44.6 Å². The number of rotatable bonds is 8. The summed E-state index contributed by atoms with van der Waals surface area (Å²) in [5, 5.41) is 5.32. The zero-order valence-corrected chi connectivity index (χ0v) is 16.3. The van der Waals surface area contributed by atoms with Crippen molar-refractivity contribution in [3.05, 3.63) is 29.3 Å². The predicted octanol–water partition coefficient (Wildman–Crippen LogP) is 2.99. The third-order valence-corrected chi connectivity index (χ3v) is 6.92. The molecular weight excluding hydrogens is 346 g/mol. The van der Waals surface area contributed by atoms with Crippen molar-refractivity contribution in [1.82, 2.24) is 14.6 Å². The van der Waals surface area contributed by atoms with Crippen LogP contribution in [0.4, 0.5) is 0 Å². The van der Waals surface area contributed by atoms with Crippen LogP contribution in [-0.4, -0.2) is 46.5 Å². The molecule has 4 atom stereocenters. The lowest BCUT2D eigenvalue weighted by atomic mass is 9.73. The van der Waals surface area contributed by atoms with Gasteiger partial charge in [-0.2, -0.15) is 0 Å². The summed E-state index contributed by atoms with van der Waals surface area (Å²) in [5.41, 5.74) is 1.34. The average Bonchev–Trinajstić information content (AvgIpc) is 3.38. The van der Waals surface area contributed by atoms with Crippen molar-refractivity contribution in [3.63, 3.8) is 0 Å². The second-order valence-corrected chi connectivity index (χ2v) is 8.66. The number of unbranched alkanes of at least 4 members (excludes halogenated alkanes) is 1. The zero-order chi connectivity index (χ0) is 18.0. The Hall–Kier alpha value is -1.24. The highest BCUT2D eigenvalue weighted by Gasteiger charge is 2.62. The minimum atomic E-state index is 0.0371. The fourth-order valence-corrected chi connectivity index (χ4v) is 5.64. The minimum Gasteiger partial charge on any atom is -0.370 e. The molecule has 3 fully saturated rings. The molecule has 142 valence electrons. The van der Waals surface area contributed by atoms with Crippen LogP contribution in [-0.2, 0) is 16.1 Å². The van der Waals surface area contributed by atoms with Gasteiger partial charge < -0.3 is 10.1 Å². The van der Waals surface area contributed by atoms with Crippen molar-refractivity contribution >= 4 is 17.4 Å². The number of hydrogen-bond donors (Lipinski definition) is 1. The standard InChI is InChI=1S/C20H29N3O2S/c1-2-3-4-5-6-19(24)21-10-16-17-12-23(11-15-9-22-26-13-15)14-20(17)8-7-18(16)25-20/h2-3,9,13,16-18H,4-8,10-12,14H2,1H3,(H,21,24)/b3-2+/t16-,17+,18+,20+/m0/s1. The third-order valence-electron chi connectivity index (χ3n) is 6.29. The molecule has 1 N–H and O–H groups in total. The summed E-state index contributed by atoms with van der Waals surface area (Å²) >= 11 is 1.52. The zero-order valence-electron chi connectivity index (χ0n) is 15.5. The van der Waals surface area contributed by atoms with Gasteiger partial charge in [0.25, 0.3) is 0 Å². The molecule has 2 bridgehead atoms. The molecule has 1 amide bonds. The molecule has 0 unspecified atom stereocenters. The number of nitrogens with one attached hydrogen (secondary N) is 1. The van der Waals surface area contributed by atoms with Crippen LogP contribution < -0.4 is 5.32 Å². The Morgan fingerprint density at radius 3 is 3.31 bits per heavy atom. The van der Waals surface area contributed by atoms with Crippen molar-refractivity contribution in [2.45, 2.75) is 57.3 Å². The SMILES string of the molecule is C/C=C/CCCC(=O)NC[C@H]1[C@H]2CN(Cc3cnsc3)C[C@]23CC[C@H]1O3. The lowest BCUT2D eigenvalue weighted by Gasteiger charge is -2.29. The summed E-state index contributed by atoms with van der Waals surface area (Å²) in [5.74, 6) is 1.20. The highest BCUT2D eigenvalue weighted by atomic mass is 32.1. The lowest BCUT2D eigenvalue weighted by Crippen LogP contribution is -2.41. The molecule has 26 heavy (non-hydrogen) atoms. The summed E-state index contributed by atoms with van der Waals surface area (Å²) in [6.07, 6.45) is 11.3. The van der Waals surface area contributed by atoms with Gasteiger partial charge in [0.05, 0.1) is 11.7 Å². The van der Waals surface area contributed by atoms with Gasteiger partial charge in [-0.25, -0.2) is 4.37 Å². The van der Waals surface area contributed by atoms with Crippen LogP contribution in [0, 0.1) is 11.8 Å². The summed E-state index contributed by atoms with van der Waals surface area (Å²) in [6, 6.07) is 0. The molecule has 6 heteroatoms. The monoisotopic (exact) mass is 375 g/mol. The number of ether oxygens (including phenoxy) is 1. The second kappa shape index (κ2) is 7.79. The van der Waals surface area contributed by atoms with Gasteiger partial charge in [0, 0.05) is 56.0 Å². The number of aromatic nitrogens is 1. The summed E-state index contributed by atoms with van der Waals surface area (Å²) in [7, 11) is 0. The predicted molar refractivity (Wildman–Crippen MR) is 103 cm³/mol. The molecule has 1 spiro atoms. The minimum absolute atomic E-state index is 0.0371. The number of likely N-dealkylation sites (tertiary alicyclic amines) is 1. The topological polar surface area (TPSA) is 54.5 Å². The van der Waals surface area contributed by atoms with Crippen molar-refractivity contribution in [1.29, 1.82) is 0 Å². The molecule has 3 saturated heterocycles. The largest absolute Gasteiger partial charge is 0.370 e. The molecule has 3 aliphatic rings. The summed E-state index contributed by atoms with van der Waals surface area (Å²) in [6.45, 7) is 5.86. The number of carbonyl (C=O) groups is 1. The van der Waals surface area contributed by atoms with Crippen LogP contribution in [0.5, 0.6) is 0 Å². The van der Waals surface area contributed by atoms with E-state index in [4.69, 9.17) is 4.74 Å². The van der Waals surface area contributed by atoms with Crippen LogP contribution in [0.25, 0.3) is 0 Å². The number of amides is 1. The van der Waals surface area contributed by atoms with E-state index in [1.165, 1.54) is 23.5 Å². The van der Waals surface area contributed by atoms with Gasteiger partial charge >= 0.3 is 0 Å². The first kappa shape index (κ1) is 18.1. The first-order valence-electron chi connectivity index (χ1n) is 9.86. The molecule has 0 saturated carbocycles. The number of carbonyl (C=O) groups excluding carboxylic acids is 1. The Morgan fingerprint density at radius 2 is 2.50 bits per heavy atom. The fraction of sp³-hybridized carbons (Fsp3) is 0.700. The number of nitrogens with zero attached hydrogens (tertiary/aromatic N) is 2. The smallest absolute Gasteiger partial charge is 0.220 e. The van der Waals surface area contributed by atoms with Crippen molar-refractivity contribution in [2.24, 2.45) is 11.8 Å². The molecular formula is C20H29N3O2S. The molecule has 1 aromatic heterocycles. The quantitative estimate of drug-likeness (QED) is 0.561. The van der Waals surface area contributed by atoms with Crippen LogP contribution in [0.15, 0.2) is 23.7 Å². The van der Waals surface area contributed by atoms with Crippen molar-refractivity contribution in [3.8, 4) is 0 Å². The molecule has 4 heterocycles. The van der Waals surface area contributed by atoms with E-state index in [-0.39, 0.29) is 11.5 Å². The highest BCUT2D eigenvalue weighted by molar-refractivity contribution is 7.03. The molecule has 3 aliphatic heterocycles. The maximum absolute atomic E-state index is 12.1. The van der Waals surface area contributed by atoms with Gasteiger partial charge in [-0.1, -0.05) is 12.2 Å². The van der Waals surface area contributed by atoms with E-state index in [2.05, 4.69) is 26.0 Å². The highest BCUT2D eigenvalue weighted by Crippen LogP contribution is 2.54. The second-order valence-electron chi connectivity index (χ2n) is 8.00. The molecule has 0 aromatic carbocycles. The Balaban J connectivity index is 1.30. The van der Waals surface area contributed by atoms with E-state index in [1.807, 2.05) is 19.2 Å². The van der Waals surface area contributed by atoms with E-state index in [9.17, 15) is 4.79 Å². The van der Waals surface area contributed by atoms with Gasteiger partial charge in [0.1, 0.15) is 0 Å². The van der Waals surface area contributed by atoms with Gasteiger partial charge in [-0.05, 0) is 49.7 Å². The molecule has 4 rings (SSSR count). The van der Waals surface area contributed by atoms with E-state index in [0.29, 0.717) is 24.4 Å². The van der Waals surface area contributed by atoms with E-state index < -0.39 is 0 Å². The van der Waals surface area contributed by atoms with Crippen molar-refractivity contribution < 1.29 is 9.53 Å². The van der Waals surface area contributed by atoms with Crippen LogP contribution in [0.3, 0.4) is 0 Å². The number of fused-ring (bicyclic) bond motifs is 1. The van der Waals surface area contributed by atoms with E-state index >= 15 is 0 Å². The first-order chi connectivity index (χ1) is 12.7. The molecule has 0 aliphatic carbocycles. The van der Waals surface area contributed by atoms with Gasteiger partial charge in [-0.3, -0.25) is 9.69 Å². The number of allylic oxidation sites excluding steroid dienone is 2. The van der Waals surface area contributed by atoms with E-state index in [1.54, 1.807) is 0 Å². The van der Waals surface area contributed by atoms with Gasteiger partial charge in [0.15, 0.2) is 0 Å².